The molecule has 3 aliphatic rings. The second-order valence-electron chi connectivity index (χ2n) is 8.20. The van der Waals surface area contributed by atoms with Gasteiger partial charge in [-0.25, -0.2) is 4.79 Å². The SMILES string of the molecule is CCCCOc1c2n(cc(C(=O)OC)c1=O)C[C@H]1N(C3CC3)CC[C@H](C)N1C2=O. The molecular formula is C21H29N3O5. The first-order valence-corrected chi connectivity index (χ1v) is 10.5. The van der Waals surface area contributed by atoms with E-state index in [1.54, 1.807) is 4.57 Å². The van der Waals surface area contributed by atoms with Crippen LogP contribution in [0.25, 0.3) is 0 Å². The van der Waals surface area contributed by atoms with Crippen LogP contribution in [0, 0.1) is 0 Å². The Morgan fingerprint density at radius 3 is 2.66 bits per heavy atom. The van der Waals surface area contributed by atoms with Gasteiger partial charge in [0.25, 0.3) is 5.91 Å². The molecule has 29 heavy (non-hydrogen) atoms. The average molecular weight is 403 g/mol. The number of carbonyl (C=O) groups is 2. The summed E-state index contributed by atoms with van der Waals surface area (Å²) in [5.74, 6) is -0.934. The normalized spacial score (nSPS) is 24.1. The van der Waals surface area contributed by atoms with Gasteiger partial charge in [-0.15, -0.1) is 0 Å². The lowest BCUT2D eigenvalue weighted by atomic mass is 10.0. The van der Waals surface area contributed by atoms with Crippen LogP contribution >= 0.6 is 0 Å². The zero-order valence-corrected chi connectivity index (χ0v) is 17.3. The third kappa shape index (κ3) is 3.43. The van der Waals surface area contributed by atoms with Crippen LogP contribution in [-0.2, 0) is 11.3 Å². The van der Waals surface area contributed by atoms with E-state index in [9.17, 15) is 14.4 Å². The van der Waals surface area contributed by atoms with Gasteiger partial charge < -0.3 is 18.9 Å². The highest BCUT2D eigenvalue weighted by Gasteiger charge is 2.47. The monoisotopic (exact) mass is 403 g/mol. The fourth-order valence-corrected chi connectivity index (χ4v) is 4.45. The Hall–Kier alpha value is -2.35. The second-order valence-corrected chi connectivity index (χ2v) is 8.20. The van der Waals surface area contributed by atoms with Gasteiger partial charge >= 0.3 is 5.97 Å². The maximum absolute atomic E-state index is 13.5. The molecule has 3 heterocycles. The van der Waals surface area contributed by atoms with Gasteiger partial charge in [0.05, 0.1) is 20.3 Å². The fraction of sp³-hybridized carbons (Fsp3) is 0.667. The number of methoxy groups -OCH3 is 1. The molecule has 1 aliphatic carbocycles. The van der Waals surface area contributed by atoms with Gasteiger partial charge in [-0.1, -0.05) is 13.3 Å². The first kappa shape index (κ1) is 19.9. The molecule has 0 bridgehead atoms. The third-order valence-corrected chi connectivity index (χ3v) is 6.18. The van der Waals surface area contributed by atoms with Gasteiger partial charge in [-0.05, 0) is 32.6 Å². The van der Waals surface area contributed by atoms with Gasteiger partial charge in [0.15, 0.2) is 11.4 Å². The van der Waals surface area contributed by atoms with E-state index in [1.165, 1.54) is 13.3 Å². The van der Waals surface area contributed by atoms with Crippen LogP contribution in [-0.4, -0.2) is 64.8 Å². The Balaban J connectivity index is 1.81. The van der Waals surface area contributed by atoms with Crippen molar-refractivity contribution in [3.05, 3.63) is 27.7 Å². The summed E-state index contributed by atoms with van der Waals surface area (Å²) in [6, 6.07) is 0.610. The lowest BCUT2D eigenvalue weighted by molar-refractivity contribution is -0.0364. The number of ether oxygens (including phenoxy) is 2. The maximum Gasteiger partial charge on any atom is 0.343 e. The van der Waals surface area contributed by atoms with Crippen molar-refractivity contribution in [2.75, 3.05) is 20.3 Å². The topological polar surface area (TPSA) is 81.1 Å². The van der Waals surface area contributed by atoms with E-state index < -0.39 is 11.4 Å². The van der Waals surface area contributed by atoms with Crippen molar-refractivity contribution in [3.63, 3.8) is 0 Å². The second kappa shape index (κ2) is 7.82. The molecule has 0 aromatic carbocycles. The standard InChI is InChI=1S/C21H29N3O5/c1-4-5-10-29-19-17-20(26)24-13(2)8-9-23(14-6-7-14)16(24)12-22(17)11-15(18(19)25)21(27)28-3/h11,13-14,16H,4-10,12H2,1-3H3/t13-,16-/m0/s1. The van der Waals surface area contributed by atoms with Crippen molar-refractivity contribution in [1.82, 2.24) is 14.4 Å². The summed E-state index contributed by atoms with van der Waals surface area (Å²) in [7, 11) is 1.24. The van der Waals surface area contributed by atoms with E-state index in [2.05, 4.69) is 11.8 Å². The molecule has 2 fully saturated rings. The summed E-state index contributed by atoms with van der Waals surface area (Å²) < 4.78 is 12.3. The molecule has 0 unspecified atom stereocenters. The van der Waals surface area contributed by atoms with Crippen LogP contribution in [0.4, 0.5) is 0 Å². The predicted octanol–water partition coefficient (Wildman–Crippen LogP) is 1.85. The van der Waals surface area contributed by atoms with E-state index in [-0.39, 0.29) is 35.1 Å². The molecule has 2 aliphatic heterocycles. The number of nitrogens with zero attached hydrogens (tertiary/aromatic N) is 3. The molecule has 0 radical (unpaired) electrons. The summed E-state index contributed by atoms with van der Waals surface area (Å²) in [6.45, 7) is 5.87. The number of rotatable bonds is 6. The van der Waals surface area contributed by atoms with E-state index in [0.29, 0.717) is 19.2 Å². The number of fused-ring (bicyclic) bond motifs is 2. The zero-order chi connectivity index (χ0) is 20.7. The van der Waals surface area contributed by atoms with Gasteiger partial charge in [0.1, 0.15) is 11.7 Å². The maximum atomic E-state index is 13.5. The van der Waals surface area contributed by atoms with Crippen molar-refractivity contribution >= 4 is 11.9 Å². The summed E-state index contributed by atoms with van der Waals surface area (Å²) in [5, 5.41) is 0. The van der Waals surface area contributed by atoms with E-state index >= 15 is 0 Å². The Labute approximate surface area is 170 Å². The molecule has 1 amide bonds. The van der Waals surface area contributed by atoms with Gasteiger partial charge in [-0.3, -0.25) is 14.5 Å². The van der Waals surface area contributed by atoms with Gasteiger partial charge in [-0.2, -0.15) is 0 Å². The largest absolute Gasteiger partial charge is 0.487 e. The number of amides is 1. The first-order valence-electron chi connectivity index (χ1n) is 10.5. The van der Waals surface area contributed by atoms with Crippen molar-refractivity contribution in [2.45, 2.75) is 70.7 Å². The van der Waals surface area contributed by atoms with Gasteiger partial charge in [0, 0.05) is 24.8 Å². The lowest BCUT2D eigenvalue weighted by Crippen LogP contribution is -2.64. The van der Waals surface area contributed by atoms with Crippen LogP contribution < -0.4 is 10.2 Å². The lowest BCUT2D eigenvalue weighted by Gasteiger charge is -2.50. The smallest absolute Gasteiger partial charge is 0.343 e. The molecule has 1 saturated heterocycles. The molecule has 0 N–H and O–H groups in total. The van der Waals surface area contributed by atoms with Gasteiger partial charge in [0.2, 0.25) is 5.43 Å². The minimum Gasteiger partial charge on any atom is -0.487 e. The van der Waals surface area contributed by atoms with Crippen molar-refractivity contribution in [3.8, 4) is 5.75 Å². The number of hydrogen-bond acceptors (Lipinski definition) is 6. The summed E-state index contributed by atoms with van der Waals surface area (Å²) in [4.78, 5) is 43.0. The fourth-order valence-electron chi connectivity index (χ4n) is 4.45. The van der Waals surface area contributed by atoms with Crippen LogP contribution in [0.1, 0.15) is 66.8 Å². The van der Waals surface area contributed by atoms with Crippen molar-refractivity contribution in [1.29, 1.82) is 0 Å². The number of pyridine rings is 1. The summed E-state index contributed by atoms with van der Waals surface area (Å²) in [5.41, 5.74) is -0.417. The minimum absolute atomic E-state index is 0.0273. The summed E-state index contributed by atoms with van der Waals surface area (Å²) >= 11 is 0. The highest BCUT2D eigenvalue weighted by atomic mass is 16.5. The Kier molecular flexibility index (Phi) is 5.38. The highest BCUT2D eigenvalue weighted by Crippen LogP contribution is 2.37. The Morgan fingerprint density at radius 1 is 1.24 bits per heavy atom. The van der Waals surface area contributed by atoms with E-state index in [4.69, 9.17) is 9.47 Å². The van der Waals surface area contributed by atoms with Crippen LogP contribution in [0.2, 0.25) is 0 Å². The van der Waals surface area contributed by atoms with Crippen molar-refractivity contribution < 1.29 is 19.1 Å². The van der Waals surface area contributed by atoms with Crippen LogP contribution in [0.15, 0.2) is 11.0 Å². The van der Waals surface area contributed by atoms with Crippen LogP contribution in [0.5, 0.6) is 5.75 Å². The molecule has 0 spiro atoms. The number of esters is 1. The number of hydrogen-bond donors (Lipinski definition) is 0. The Morgan fingerprint density at radius 2 is 2.00 bits per heavy atom. The molecule has 1 saturated carbocycles. The minimum atomic E-state index is -0.711. The molecule has 2 atom stereocenters. The molecule has 1 aromatic rings. The zero-order valence-electron chi connectivity index (χ0n) is 17.3. The molecule has 8 nitrogen and oxygen atoms in total. The molecule has 4 rings (SSSR count). The summed E-state index contributed by atoms with van der Waals surface area (Å²) in [6.07, 6.45) is 6.28. The average Bonchev–Trinajstić information content (AvgIpc) is 3.54. The van der Waals surface area contributed by atoms with Crippen molar-refractivity contribution in [2.24, 2.45) is 0 Å². The number of unbranched alkanes of at least 4 members (excludes halogenated alkanes) is 1. The quantitative estimate of drug-likeness (QED) is 0.533. The molecule has 158 valence electrons. The Bertz CT molecular complexity index is 876. The molecule has 1 aromatic heterocycles. The third-order valence-electron chi connectivity index (χ3n) is 6.18. The van der Waals surface area contributed by atoms with Crippen LogP contribution in [0.3, 0.4) is 0 Å². The first-order chi connectivity index (χ1) is 14.0. The molecular weight excluding hydrogens is 374 g/mol. The number of aromatic nitrogens is 1. The number of carbonyl (C=O) groups excluding carboxylic acids is 2. The molecule has 8 heteroatoms. The predicted molar refractivity (Wildman–Crippen MR) is 106 cm³/mol. The van der Waals surface area contributed by atoms with E-state index in [1.807, 2.05) is 11.8 Å². The van der Waals surface area contributed by atoms with E-state index in [0.717, 1.165) is 38.6 Å². The highest BCUT2D eigenvalue weighted by molar-refractivity contribution is 5.98.